The maximum absolute atomic E-state index is 8.78. The molecular weight excluding hydrogens is 228 g/mol. The maximum Gasteiger partial charge on any atom is 0.189 e. The summed E-state index contributed by atoms with van der Waals surface area (Å²) in [6.07, 6.45) is 2.88. The first-order valence-electron chi connectivity index (χ1n) is 6.27. The van der Waals surface area contributed by atoms with E-state index in [4.69, 9.17) is 10.9 Å². The topological polar surface area (TPSA) is 74.7 Å². The Kier molecular flexibility index (Phi) is 3.81. The van der Waals surface area contributed by atoms with Crippen LogP contribution in [0.3, 0.4) is 0 Å². The summed E-state index contributed by atoms with van der Waals surface area (Å²) < 4.78 is 0. The fourth-order valence-electron chi connectivity index (χ4n) is 2.67. The lowest BCUT2D eigenvalue weighted by Crippen LogP contribution is -2.28. The summed E-state index contributed by atoms with van der Waals surface area (Å²) >= 11 is 0. The van der Waals surface area contributed by atoms with Gasteiger partial charge in [0.15, 0.2) is 5.84 Å². The molecule has 1 aliphatic heterocycles. The molecule has 0 aromatic carbocycles. The second-order valence-electron chi connectivity index (χ2n) is 5.12. The van der Waals surface area contributed by atoms with E-state index in [9.17, 15) is 0 Å². The standard InChI is InChI=1S/C13H20N4O/c1-9-6-10(2)17(7-9)8-11-4-3-5-15-12(11)13(14)16-18/h3-5,9-10,18H,6-8H2,1-2H3,(H2,14,16). The van der Waals surface area contributed by atoms with E-state index in [2.05, 4.69) is 28.9 Å². The van der Waals surface area contributed by atoms with Crippen molar-refractivity contribution in [2.75, 3.05) is 6.54 Å². The number of nitrogens with two attached hydrogens (primary N) is 1. The van der Waals surface area contributed by atoms with Crippen LogP contribution in [0.25, 0.3) is 0 Å². The predicted octanol–water partition coefficient (Wildman–Crippen LogP) is 1.41. The van der Waals surface area contributed by atoms with Crippen molar-refractivity contribution in [2.45, 2.75) is 32.9 Å². The number of amidine groups is 1. The minimum absolute atomic E-state index is 0.0745. The third-order valence-electron chi connectivity index (χ3n) is 3.53. The molecule has 2 atom stereocenters. The van der Waals surface area contributed by atoms with Crippen LogP contribution in [-0.2, 0) is 6.54 Å². The Bertz CT molecular complexity index is 446. The van der Waals surface area contributed by atoms with Gasteiger partial charge in [-0.15, -0.1) is 0 Å². The highest BCUT2D eigenvalue weighted by Crippen LogP contribution is 2.24. The minimum atomic E-state index is 0.0745. The summed E-state index contributed by atoms with van der Waals surface area (Å²) in [7, 11) is 0. The van der Waals surface area contributed by atoms with Gasteiger partial charge in [0.25, 0.3) is 0 Å². The van der Waals surface area contributed by atoms with E-state index in [1.165, 1.54) is 6.42 Å². The van der Waals surface area contributed by atoms with E-state index < -0.39 is 0 Å². The summed E-state index contributed by atoms with van der Waals surface area (Å²) in [6, 6.07) is 4.43. The zero-order chi connectivity index (χ0) is 13.1. The van der Waals surface area contributed by atoms with Gasteiger partial charge in [-0.05, 0) is 30.9 Å². The van der Waals surface area contributed by atoms with Gasteiger partial charge in [-0.25, -0.2) is 0 Å². The van der Waals surface area contributed by atoms with Crippen molar-refractivity contribution >= 4 is 5.84 Å². The van der Waals surface area contributed by atoms with Gasteiger partial charge in [0.1, 0.15) is 5.69 Å². The third kappa shape index (κ3) is 2.61. The average Bonchev–Trinajstić information content (AvgIpc) is 2.67. The molecule has 3 N–H and O–H groups in total. The highest BCUT2D eigenvalue weighted by molar-refractivity contribution is 5.96. The summed E-state index contributed by atoms with van der Waals surface area (Å²) in [5, 5.41) is 11.8. The van der Waals surface area contributed by atoms with E-state index in [1.807, 2.05) is 12.1 Å². The Morgan fingerprint density at radius 3 is 3.00 bits per heavy atom. The number of hydrogen-bond donors (Lipinski definition) is 2. The molecule has 2 unspecified atom stereocenters. The number of oxime groups is 1. The smallest absolute Gasteiger partial charge is 0.189 e. The molecule has 0 aliphatic carbocycles. The Hall–Kier alpha value is -1.62. The van der Waals surface area contributed by atoms with Gasteiger partial charge in [0.05, 0.1) is 0 Å². The van der Waals surface area contributed by atoms with Crippen LogP contribution in [0.1, 0.15) is 31.5 Å². The first-order valence-corrected chi connectivity index (χ1v) is 6.27. The number of rotatable bonds is 3. The van der Waals surface area contributed by atoms with E-state index in [0.29, 0.717) is 11.7 Å². The van der Waals surface area contributed by atoms with Gasteiger partial charge in [-0.2, -0.15) is 0 Å². The number of aromatic nitrogens is 1. The molecule has 0 saturated carbocycles. The van der Waals surface area contributed by atoms with E-state index in [1.54, 1.807) is 6.20 Å². The van der Waals surface area contributed by atoms with Gasteiger partial charge in [-0.3, -0.25) is 9.88 Å². The zero-order valence-corrected chi connectivity index (χ0v) is 10.9. The van der Waals surface area contributed by atoms with Crippen molar-refractivity contribution in [3.8, 4) is 0 Å². The van der Waals surface area contributed by atoms with Crippen LogP contribution in [0.2, 0.25) is 0 Å². The molecule has 0 radical (unpaired) electrons. The molecule has 5 nitrogen and oxygen atoms in total. The van der Waals surface area contributed by atoms with Gasteiger partial charge < -0.3 is 10.9 Å². The zero-order valence-electron chi connectivity index (χ0n) is 10.9. The van der Waals surface area contributed by atoms with Gasteiger partial charge >= 0.3 is 0 Å². The number of pyridine rings is 1. The van der Waals surface area contributed by atoms with Crippen LogP contribution in [0.4, 0.5) is 0 Å². The van der Waals surface area contributed by atoms with Crippen molar-refractivity contribution in [2.24, 2.45) is 16.8 Å². The molecule has 0 amide bonds. The minimum Gasteiger partial charge on any atom is -0.409 e. The molecule has 1 aliphatic rings. The quantitative estimate of drug-likeness (QED) is 0.367. The van der Waals surface area contributed by atoms with E-state index in [0.717, 1.165) is 24.6 Å². The third-order valence-corrected chi connectivity index (χ3v) is 3.53. The van der Waals surface area contributed by atoms with Crippen molar-refractivity contribution in [1.29, 1.82) is 0 Å². The van der Waals surface area contributed by atoms with Gasteiger partial charge in [-0.1, -0.05) is 18.1 Å². The van der Waals surface area contributed by atoms with Crippen molar-refractivity contribution in [1.82, 2.24) is 9.88 Å². The van der Waals surface area contributed by atoms with Crippen LogP contribution < -0.4 is 5.73 Å². The lowest BCUT2D eigenvalue weighted by molar-refractivity contribution is 0.256. The lowest BCUT2D eigenvalue weighted by Gasteiger charge is -2.21. The summed E-state index contributed by atoms with van der Waals surface area (Å²) in [5.74, 6) is 0.800. The molecule has 1 aromatic rings. The second kappa shape index (κ2) is 5.35. The fraction of sp³-hybridized carbons (Fsp3) is 0.538. The average molecular weight is 248 g/mol. The van der Waals surface area contributed by atoms with E-state index in [-0.39, 0.29) is 5.84 Å². The summed E-state index contributed by atoms with van der Waals surface area (Å²) in [6.45, 7) is 6.39. The molecule has 0 spiro atoms. The normalized spacial score (nSPS) is 25.6. The number of likely N-dealkylation sites (tertiary alicyclic amines) is 1. The Labute approximate surface area is 107 Å². The fourth-order valence-corrected chi connectivity index (χ4v) is 2.67. The predicted molar refractivity (Wildman–Crippen MR) is 70.4 cm³/mol. The summed E-state index contributed by atoms with van der Waals surface area (Å²) in [5.41, 5.74) is 7.23. The molecule has 98 valence electrons. The monoisotopic (exact) mass is 248 g/mol. The molecule has 1 saturated heterocycles. The van der Waals surface area contributed by atoms with Crippen LogP contribution in [0.5, 0.6) is 0 Å². The van der Waals surface area contributed by atoms with Crippen LogP contribution in [0.15, 0.2) is 23.5 Å². The van der Waals surface area contributed by atoms with Crippen LogP contribution in [0, 0.1) is 5.92 Å². The molecular formula is C13H20N4O. The first-order chi connectivity index (χ1) is 8.61. The van der Waals surface area contributed by atoms with Crippen molar-refractivity contribution in [3.63, 3.8) is 0 Å². The molecule has 2 heterocycles. The Morgan fingerprint density at radius 1 is 1.61 bits per heavy atom. The lowest BCUT2D eigenvalue weighted by atomic mass is 10.1. The van der Waals surface area contributed by atoms with Crippen LogP contribution >= 0.6 is 0 Å². The Morgan fingerprint density at radius 2 is 2.39 bits per heavy atom. The van der Waals surface area contributed by atoms with E-state index >= 15 is 0 Å². The number of hydrogen-bond acceptors (Lipinski definition) is 4. The maximum atomic E-state index is 8.78. The van der Waals surface area contributed by atoms with Crippen molar-refractivity contribution in [3.05, 3.63) is 29.6 Å². The molecule has 1 fully saturated rings. The number of nitrogens with zero attached hydrogens (tertiary/aromatic N) is 3. The first kappa shape index (κ1) is 12.8. The molecule has 0 bridgehead atoms. The molecule has 18 heavy (non-hydrogen) atoms. The van der Waals surface area contributed by atoms with Crippen molar-refractivity contribution < 1.29 is 5.21 Å². The second-order valence-corrected chi connectivity index (χ2v) is 5.12. The van der Waals surface area contributed by atoms with Gasteiger partial charge in [0.2, 0.25) is 0 Å². The SMILES string of the molecule is CC1CC(C)N(Cc2cccnc2/C(N)=N/O)C1. The summed E-state index contributed by atoms with van der Waals surface area (Å²) in [4.78, 5) is 6.61. The van der Waals surface area contributed by atoms with Gasteiger partial charge in [0, 0.05) is 25.3 Å². The molecule has 1 aromatic heterocycles. The molecule has 2 rings (SSSR count). The highest BCUT2D eigenvalue weighted by Gasteiger charge is 2.26. The van der Waals surface area contributed by atoms with Crippen LogP contribution in [-0.4, -0.2) is 33.5 Å². The highest BCUT2D eigenvalue weighted by atomic mass is 16.4. The largest absolute Gasteiger partial charge is 0.409 e. The molecule has 5 heteroatoms. The Balaban J connectivity index is 2.19.